The maximum atomic E-state index is 13.3. The molecule has 0 aliphatic rings. The van der Waals surface area contributed by atoms with E-state index in [1.165, 1.54) is 23.5 Å². The molecule has 0 unspecified atom stereocenters. The summed E-state index contributed by atoms with van der Waals surface area (Å²) in [6.07, 6.45) is 3.23. The molecule has 4 heteroatoms. The predicted molar refractivity (Wildman–Crippen MR) is 79.8 cm³/mol. The van der Waals surface area contributed by atoms with Gasteiger partial charge < -0.3 is 4.57 Å². The average molecular weight is 287 g/mol. The van der Waals surface area contributed by atoms with Gasteiger partial charge in [0.25, 0.3) is 0 Å². The second-order valence-corrected chi connectivity index (χ2v) is 5.66. The molecule has 0 saturated heterocycles. The number of aromatic nitrogens is 1. The number of benzene rings is 1. The molecule has 2 aromatic heterocycles. The van der Waals surface area contributed by atoms with Crippen molar-refractivity contribution in [3.05, 3.63) is 58.7 Å². The van der Waals surface area contributed by atoms with Crippen LogP contribution in [0.15, 0.2) is 48.0 Å². The van der Waals surface area contributed by atoms with Crippen LogP contribution in [0.4, 0.5) is 4.39 Å². The summed E-state index contributed by atoms with van der Waals surface area (Å²) in [5, 5.41) is 2.94. The first-order valence-corrected chi connectivity index (χ1v) is 7.43. The largest absolute Gasteiger partial charge is 0.347 e. The minimum Gasteiger partial charge on any atom is -0.347 e. The number of carbonyl (C=O) groups excluding carboxylic acids is 1. The number of rotatable bonds is 5. The smallest absolute Gasteiger partial charge is 0.172 e. The molecule has 0 saturated carbocycles. The maximum Gasteiger partial charge on any atom is 0.172 e. The number of thiophene rings is 1. The van der Waals surface area contributed by atoms with Gasteiger partial charge in [0, 0.05) is 19.2 Å². The number of aryl methyl sites for hydroxylation is 1. The summed E-state index contributed by atoms with van der Waals surface area (Å²) in [5.41, 5.74) is 0.883. The molecule has 0 aliphatic carbocycles. The zero-order valence-corrected chi connectivity index (χ0v) is 11.7. The Hall–Kier alpha value is -1.94. The van der Waals surface area contributed by atoms with Crippen LogP contribution in [0.2, 0.25) is 0 Å². The van der Waals surface area contributed by atoms with E-state index in [1.54, 1.807) is 6.07 Å². The molecule has 3 aromatic rings. The van der Waals surface area contributed by atoms with Gasteiger partial charge in [0.2, 0.25) is 0 Å². The van der Waals surface area contributed by atoms with Gasteiger partial charge in [-0.15, -0.1) is 11.3 Å². The van der Waals surface area contributed by atoms with Gasteiger partial charge in [-0.25, -0.2) is 4.39 Å². The van der Waals surface area contributed by atoms with Crippen LogP contribution in [-0.2, 0) is 6.54 Å². The number of nitrogens with zero attached hydrogens (tertiary/aromatic N) is 1. The summed E-state index contributed by atoms with van der Waals surface area (Å²) in [7, 11) is 0. The number of ketones is 1. The first-order chi connectivity index (χ1) is 9.74. The van der Waals surface area contributed by atoms with E-state index in [1.807, 2.05) is 34.3 Å². The average Bonchev–Trinajstić information content (AvgIpc) is 3.08. The zero-order chi connectivity index (χ0) is 13.9. The minimum atomic E-state index is -0.230. The Morgan fingerprint density at radius 3 is 2.95 bits per heavy atom. The van der Waals surface area contributed by atoms with Crippen molar-refractivity contribution in [1.82, 2.24) is 4.57 Å². The van der Waals surface area contributed by atoms with Crippen LogP contribution in [0, 0.1) is 5.82 Å². The molecule has 3 rings (SSSR count). The predicted octanol–water partition coefficient (Wildman–Crippen LogP) is 4.51. The lowest BCUT2D eigenvalue weighted by Gasteiger charge is -2.05. The van der Waals surface area contributed by atoms with Gasteiger partial charge in [-0.3, -0.25) is 4.79 Å². The maximum absolute atomic E-state index is 13.3. The van der Waals surface area contributed by atoms with Crippen LogP contribution in [0.1, 0.15) is 22.5 Å². The van der Waals surface area contributed by atoms with Crippen molar-refractivity contribution < 1.29 is 9.18 Å². The van der Waals surface area contributed by atoms with Crippen molar-refractivity contribution in [2.45, 2.75) is 19.4 Å². The third kappa shape index (κ3) is 2.65. The Bertz CT molecular complexity index is 730. The van der Waals surface area contributed by atoms with Crippen LogP contribution in [0.25, 0.3) is 10.9 Å². The molecule has 0 fully saturated rings. The summed E-state index contributed by atoms with van der Waals surface area (Å²) in [5.74, 6) is -0.0465. The Morgan fingerprint density at radius 2 is 2.15 bits per heavy atom. The van der Waals surface area contributed by atoms with Gasteiger partial charge in [0.05, 0.1) is 10.4 Å². The first kappa shape index (κ1) is 13.1. The molecular weight excluding hydrogens is 273 g/mol. The highest BCUT2D eigenvalue weighted by molar-refractivity contribution is 7.12. The number of fused-ring (bicyclic) bond motifs is 1. The fraction of sp³-hybridized carbons (Fsp3) is 0.188. The monoisotopic (exact) mass is 287 g/mol. The quantitative estimate of drug-likeness (QED) is 0.633. The van der Waals surface area contributed by atoms with E-state index in [0.717, 1.165) is 28.7 Å². The van der Waals surface area contributed by atoms with E-state index >= 15 is 0 Å². The molecule has 0 atom stereocenters. The first-order valence-electron chi connectivity index (χ1n) is 6.55. The summed E-state index contributed by atoms with van der Waals surface area (Å²) >= 11 is 1.48. The highest BCUT2D eigenvalue weighted by Crippen LogP contribution is 2.18. The van der Waals surface area contributed by atoms with Gasteiger partial charge in [-0.1, -0.05) is 6.07 Å². The van der Waals surface area contributed by atoms with Crippen molar-refractivity contribution in [1.29, 1.82) is 0 Å². The lowest BCUT2D eigenvalue weighted by atomic mass is 10.2. The molecular formula is C16H14FNOS. The van der Waals surface area contributed by atoms with Crippen LogP contribution < -0.4 is 0 Å². The highest BCUT2D eigenvalue weighted by Gasteiger charge is 2.07. The topological polar surface area (TPSA) is 22.0 Å². The zero-order valence-electron chi connectivity index (χ0n) is 10.9. The number of halogens is 1. The summed E-state index contributed by atoms with van der Waals surface area (Å²) in [6, 6.07) is 10.5. The van der Waals surface area contributed by atoms with Crippen LogP contribution in [0.5, 0.6) is 0 Å². The molecule has 1 aromatic carbocycles. The minimum absolute atomic E-state index is 0.183. The van der Waals surface area contributed by atoms with Crippen molar-refractivity contribution >= 4 is 28.0 Å². The molecule has 2 nitrogen and oxygen atoms in total. The molecule has 0 bridgehead atoms. The van der Waals surface area contributed by atoms with Crippen LogP contribution >= 0.6 is 11.3 Å². The standard InChI is InChI=1S/C16H14FNOS/c17-13-6-5-12-7-9-18(14(12)11-13)8-1-3-15(19)16-4-2-10-20-16/h2,4-7,9-11H,1,3,8H2. The van der Waals surface area contributed by atoms with E-state index in [9.17, 15) is 9.18 Å². The molecule has 20 heavy (non-hydrogen) atoms. The Kier molecular flexibility index (Phi) is 3.65. The van der Waals surface area contributed by atoms with Crippen molar-refractivity contribution in [2.75, 3.05) is 0 Å². The van der Waals surface area contributed by atoms with Gasteiger partial charge in [0.1, 0.15) is 5.82 Å². The van der Waals surface area contributed by atoms with Gasteiger partial charge in [-0.2, -0.15) is 0 Å². The van der Waals surface area contributed by atoms with Crippen LogP contribution in [-0.4, -0.2) is 10.4 Å². The fourth-order valence-corrected chi connectivity index (χ4v) is 3.02. The third-order valence-corrected chi connectivity index (χ3v) is 4.25. The second kappa shape index (κ2) is 5.59. The lowest BCUT2D eigenvalue weighted by molar-refractivity contribution is 0.0982. The molecule has 2 heterocycles. The molecule has 0 amide bonds. The Morgan fingerprint density at radius 1 is 1.25 bits per heavy atom. The van der Waals surface area contributed by atoms with Crippen molar-refractivity contribution in [3.8, 4) is 0 Å². The van der Waals surface area contributed by atoms with Crippen LogP contribution in [0.3, 0.4) is 0 Å². The molecule has 0 aliphatic heterocycles. The lowest BCUT2D eigenvalue weighted by Crippen LogP contribution is -2.01. The normalized spacial score (nSPS) is 11.1. The number of hydrogen-bond acceptors (Lipinski definition) is 2. The summed E-state index contributed by atoms with van der Waals surface area (Å²) in [4.78, 5) is 12.7. The van der Waals surface area contributed by atoms with E-state index in [-0.39, 0.29) is 11.6 Å². The van der Waals surface area contributed by atoms with E-state index in [4.69, 9.17) is 0 Å². The number of Topliss-reactive ketones (excluding diaryl/α,β-unsaturated/α-hetero) is 1. The van der Waals surface area contributed by atoms with E-state index in [0.29, 0.717) is 6.42 Å². The summed E-state index contributed by atoms with van der Waals surface area (Å²) in [6.45, 7) is 0.726. The second-order valence-electron chi connectivity index (χ2n) is 4.72. The van der Waals surface area contributed by atoms with Crippen molar-refractivity contribution in [3.63, 3.8) is 0 Å². The molecule has 102 valence electrons. The van der Waals surface area contributed by atoms with Gasteiger partial charge in [0.15, 0.2) is 5.78 Å². The van der Waals surface area contributed by atoms with Crippen molar-refractivity contribution in [2.24, 2.45) is 0 Å². The summed E-state index contributed by atoms with van der Waals surface area (Å²) < 4.78 is 15.3. The SMILES string of the molecule is O=C(CCCn1ccc2ccc(F)cc21)c1cccs1. The van der Waals surface area contributed by atoms with E-state index < -0.39 is 0 Å². The van der Waals surface area contributed by atoms with Gasteiger partial charge in [-0.05, 0) is 47.5 Å². The molecule has 0 N–H and O–H groups in total. The third-order valence-electron chi connectivity index (χ3n) is 3.33. The number of hydrogen-bond donors (Lipinski definition) is 0. The number of carbonyl (C=O) groups is 1. The molecule has 0 radical (unpaired) electrons. The molecule has 0 spiro atoms. The fourth-order valence-electron chi connectivity index (χ4n) is 2.32. The van der Waals surface area contributed by atoms with E-state index in [2.05, 4.69) is 0 Å². The Labute approximate surface area is 120 Å². The van der Waals surface area contributed by atoms with Gasteiger partial charge >= 0.3 is 0 Å². The Balaban J connectivity index is 1.65. The highest BCUT2D eigenvalue weighted by atomic mass is 32.1.